The van der Waals surface area contributed by atoms with Crippen LogP contribution in [0.25, 0.3) is 0 Å². The Hall–Kier alpha value is -2.50. The SMILES string of the molecule is CCOC(=O)c1cc(N)ccc1NCCn1cc(C)cn1. The van der Waals surface area contributed by atoms with Crippen LogP contribution in [0.3, 0.4) is 0 Å². The Morgan fingerprint density at radius 2 is 2.29 bits per heavy atom. The molecule has 0 bridgehead atoms. The molecule has 0 saturated heterocycles. The summed E-state index contributed by atoms with van der Waals surface area (Å²) in [4.78, 5) is 11.9. The molecule has 1 aromatic heterocycles. The van der Waals surface area contributed by atoms with Crippen molar-refractivity contribution >= 4 is 17.3 Å². The number of benzene rings is 1. The maximum Gasteiger partial charge on any atom is 0.340 e. The predicted molar refractivity (Wildman–Crippen MR) is 82.3 cm³/mol. The van der Waals surface area contributed by atoms with E-state index >= 15 is 0 Å². The highest BCUT2D eigenvalue weighted by Crippen LogP contribution is 2.20. The summed E-state index contributed by atoms with van der Waals surface area (Å²) in [5.74, 6) is -0.373. The number of esters is 1. The van der Waals surface area contributed by atoms with Crippen molar-refractivity contribution in [1.29, 1.82) is 0 Å². The first kappa shape index (κ1) is 14.9. The van der Waals surface area contributed by atoms with Gasteiger partial charge in [-0.2, -0.15) is 5.10 Å². The van der Waals surface area contributed by atoms with Crippen molar-refractivity contribution in [3.8, 4) is 0 Å². The Morgan fingerprint density at radius 3 is 2.95 bits per heavy atom. The molecular weight excluding hydrogens is 268 g/mol. The molecule has 2 aromatic rings. The first-order chi connectivity index (χ1) is 10.1. The molecule has 0 radical (unpaired) electrons. The third-order valence-electron chi connectivity index (χ3n) is 2.96. The van der Waals surface area contributed by atoms with Gasteiger partial charge in [0.05, 0.1) is 24.9 Å². The maximum absolute atomic E-state index is 11.9. The molecule has 3 N–H and O–H groups in total. The Bertz CT molecular complexity index is 622. The first-order valence-corrected chi connectivity index (χ1v) is 6.89. The lowest BCUT2D eigenvalue weighted by Gasteiger charge is -2.12. The second kappa shape index (κ2) is 6.78. The summed E-state index contributed by atoms with van der Waals surface area (Å²) in [7, 11) is 0. The smallest absolute Gasteiger partial charge is 0.340 e. The van der Waals surface area contributed by atoms with Gasteiger partial charge in [0.2, 0.25) is 0 Å². The molecule has 1 aromatic carbocycles. The second-order valence-corrected chi connectivity index (χ2v) is 4.73. The number of aromatic nitrogens is 2. The van der Waals surface area contributed by atoms with E-state index in [0.29, 0.717) is 36.6 Å². The molecule has 6 nitrogen and oxygen atoms in total. The van der Waals surface area contributed by atoms with Gasteiger partial charge in [-0.1, -0.05) is 0 Å². The molecule has 0 saturated carbocycles. The van der Waals surface area contributed by atoms with E-state index < -0.39 is 0 Å². The van der Waals surface area contributed by atoms with Gasteiger partial charge >= 0.3 is 5.97 Å². The summed E-state index contributed by atoms with van der Waals surface area (Å²) in [5, 5.41) is 7.43. The fourth-order valence-electron chi connectivity index (χ4n) is 1.99. The normalized spacial score (nSPS) is 10.4. The molecule has 112 valence electrons. The predicted octanol–water partition coefficient (Wildman–Crippen LogP) is 2.06. The van der Waals surface area contributed by atoms with Crippen molar-refractivity contribution in [1.82, 2.24) is 9.78 Å². The number of carbonyl (C=O) groups is 1. The summed E-state index contributed by atoms with van der Waals surface area (Å²) in [6.07, 6.45) is 3.78. The number of nitrogen functional groups attached to an aromatic ring is 1. The Labute approximate surface area is 123 Å². The van der Waals surface area contributed by atoms with Gasteiger partial charge in [0.25, 0.3) is 0 Å². The highest BCUT2D eigenvalue weighted by atomic mass is 16.5. The quantitative estimate of drug-likeness (QED) is 0.628. The van der Waals surface area contributed by atoms with Crippen molar-refractivity contribution in [3.05, 3.63) is 41.7 Å². The van der Waals surface area contributed by atoms with E-state index in [2.05, 4.69) is 10.4 Å². The number of hydrogen-bond donors (Lipinski definition) is 2. The zero-order valence-corrected chi connectivity index (χ0v) is 12.3. The highest BCUT2D eigenvalue weighted by Gasteiger charge is 2.12. The van der Waals surface area contributed by atoms with Gasteiger partial charge in [0.1, 0.15) is 0 Å². The average Bonchev–Trinajstić information content (AvgIpc) is 2.86. The largest absolute Gasteiger partial charge is 0.462 e. The zero-order chi connectivity index (χ0) is 15.2. The number of ether oxygens (including phenoxy) is 1. The van der Waals surface area contributed by atoms with Crippen molar-refractivity contribution in [2.24, 2.45) is 0 Å². The molecule has 2 rings (SSSR count). The number of nitrogens with two attached hydrogens (primary N) is 1. The summed E-state index contributed by atoms with van der Waals surface area (Å²) >= 11 is 0. The second-order valence-electron chi connectivity index (χ2n) is 4.73. The number of carbonyl (C=O) groups excluding carboxylic acids is 1. The zero-order valence-electron chi connectivity index (χ0n) is 12.3. The molecule has 0 spiro atoms. The minimum absolute atomic E-state index is 0.333. The van der Waals surface area contributed by atoms with Crippen LogP contribution in [0.4, 0.5) is 11.4 Å². The third kappa shape index (κ3) is 3.98. The molecule has 6 heteroatoms. The van der Waals surface area contributed by atoms with Gasteiger partial charge < -0.3 is 15.8 Å². The minimum Gasteiger partial charge on any atom is -0.462 e. The Kier molecular flexibility index (Phi) is 4.81. The average molecular weight is 288 g/mol. The van der Waals surface area contributed by atoms with Crippen molar-refractivity contribution in [2.75, 3.05) is 24.2 Å². The van der Waals surface area contributed by atoms with Crippen LogP contribution in [0.1, 0.15) is 22.8 Å². The monoisotopic (exact) mass is 288 g/mol. The third-order valence-corrected chi connectivity index (χ3v) is 2.96. The summed E-state index contributed by atoms with van der Waals surface area (Å²) < 4.78 is 6.89. The van der Waals surface area contributed by atoms with E-state index in [1.165, 1.54) is 0 Å². The molecule has 0 amide bonds. The van der Waals surface area contributed by atoms with Crippen LogP contribution in [0.2, 0.25) is 0 Å². The topological polar surface area (TPSA) is 82.2 Å². The van der Waals surface area contributed by atoms with E-state index in [9.17, 15) is 4.79 Å². The number of nitrogens with zero attached hydrogens (tertiary/aromatic N) is 2. The van der Waals surface area contributed by atoms with Crippen LogP contribution in [0, 0.1) is 6.92 Å². The fraction of sp³-hybridized carbons (Fsp3) is 0.333. The van der Waals surface area contributed by atoms with Crippen LogP contribution in [0.5, 0.6) is 0 Å². The van der Waals surface area contributed by atoms with Gasteiger partial charge in [0, 0.05) is 24.1 Å². The molecule has 21 heavy (non-hydrogen) atoms. The molecule has 0 unspecified atom stereocenters. The van der Waals surface area contributed by atoms with E-state index in [-0.39, 0.29) is 5.97 Å². The summed E-state index contributed by atoms with van der Waals surface area (Å²) in [6, 6.07) is 5.16. The maximum atomic E-state index is 11.9. The van der Waals surface area contributed by atoms with Crippen LogP contribution in [0.15, 0.2) is 30.6 Å². The van der Waals surface area contributed by atoms with Crippen molar-refractivity contribution < 1.29 is 9.53 Å². The van der Waals surface area contributed by atoms with Crippen molar-refractivity contribution in [2.45, 2.75) is 20.4 Å². The van der Waals surface area contributed by atoms with Crippen LogP contribution < -0.4 is 11.1 Å². The number of nitrogens with one attached hydrogen (secondary N) is 1. The van der Waals surface area contributed by atoms with Crippen LogP contribution in [-0.2, 0) is 11.3 Å². The van der Waals surface area contributed by atoms with Crippen LogP contribution in [-0.4, -0.2) is 28.9 Å². The highest BCUT2D eigenvalue weighted by molar-refractivity contribution is 5.96. The van der Waals surface area contributed by atoms with Gasteiger partial charge in [-0.15, -0.1) is 0 Å². The fourth-order valence-corrected chi connectivity index (χ4v) is 1.99. The van der Waals surface area contributed by atoms with Crippen molar-refractivity contribution in [3.63, 3.8) is 0 Å². The number of hydrogen-bond acceptors (Lipinski definition) is 5. The molecule has 0 aliphatic rings. The van der Waals surface area contributed by atoms with Crippen LogP contribution >= 0.6 is 0 Å². The lowest BCUT2D eigenvalue weighted by atomic mass is 10.1. The molecule has 0 aliphatic heterocycles. The lowest BCUT2D eigenvalue weighted by molar-refractivity contribution is 0.0527. The number of aryl methyl sites for hydroxylation is 1. The van der Waals surface area contributed by atoms with Gasteiger partial charge in [-0.05, 0) is 37.6 Å². The Balaban J connectivity index is 2.03. The molecule has 0 aliphatic carbocycles. The summed E-state index contributed by atoms with van der Waals surface area (Å²) in [6.45, 7) is 5.46. The first-order valence-electron chi connectivity index (χ1n) is 6.89. The number of rotatable bonds is 6. The van der Waals surface area contributed by atoms with E-state index in [4.69, 9.17) is 10.5 Å². The molecule has 1 heterocycles. The molecule has 0 atom stereocenters. The number of anilines is 2. The van der Waals surface area contributed by atoms with E-state index in [0.717, 1.165) is 5.56 Å². The molecular formula is C15H20N4O2. The van der Waals surface area contributed by atoms with Gasteiger partial charge in [-0.25, -0.2) is 4.79 Å². The van der Waals surface area contributed by atoms with E-state index in [1.807, 2.05) is 24.0 Å². The summed E-state index contributed by atoms with van der Waals surface area (Å²) in [5.41, 5.74) is 8.55. The minimum atomic E-state index is -0.373. The van der Waals surface area contributed by atoms with Gasteiger partial charge in [-0.3, -0.25) is 4.68 Å². The standard InChI is InChI=1S/C15H20N4O2/c1-3-21-15(20)13-8-12(16)4-5-14(13)17-6-7-19-10-11(2)9-18-19/h4-5,8-10,17H,3,6-7,16H2,1-2H3. The van der Waals surface area contributed by atoms with E-state index in [1.54, 1.807) is 25.1 Å². The Morgan fingerprint density at radius 1 is 1.48 bits per heavy atom. The lowest BCUT2D eigenvalue weighted by Crippen LogP contribution is -2.14. The molecule has 0 fully saturated rings. The van der Waals surface area contributed by atoms with Gasteiger partial charge in [0.15, 0.2) is 0 Å².